The molecule has 4 heteroatoms. The van der Waals surface area contributed by atoms with Gasteiger partial charge in [0.25, 0.3) is 0 Å². The predicted octanol–water partition coefficient (Wildman–Crippen LogP) is 1.87. The van der Waals surface area contributed by atoms with E-state index >= 15 is 0 Å². The lowest BCUT2D eigenvalue weighted by Crippen LogP contribution is -2.07. The zero-order chi connectivity index (χ0) is 8.81. The topological polar surface area (TPSA) is 50.9 Å². The largest absolute Gasteiger partial charge is 0.308 e. The summed E-state index contributed by atoms with van der Waals surface area (Å²) < 4.78 is 0. The lowest BCUT2D eigenvalue weighted by molar-refractivity contribution is 1.10. The fraction of sp³-hybridized carbons (Fsp3) is 0.375. The highest BCUT2D eigenvalue weighted by molar-refractivity contribution is 7.99. The molecule has 0 amide bonds. The summed E-state index contributed by atoms with van der Waals surface area (Å²) in [6, 6.07) is 3.93. The monoisotopic (exact) mass is 183 g/mol. The van der Waals surface area contributed by atoms with Crippen LogP contribution in [0.15, 0.2) is 23.2 Å². The van der Waals surface area contributed by atoms with Crippen molar-refractivity contribution >= 4 is 17.6 Å². The quantitative estimate of drug-likeness (QED) is 0.425. The molecule has 0 spiro atoms. The Morgan fingerprint density at radius 1 is 1.67 bits per heavy atom. The number of hydrogen-bond donors (Lipinski definition) is 2. The highest BCUT2D eigenvalue weighted by Gasteiger charge is 1.94. The minimum atomic E-state index is 0.719. The molecule has 0 atom stereocenters. The van der Waals surface area contributed by atoms with Crippen molar-refractivity contribution in [1.29, 1.82) is 0 Å². The molecule has 3 nitrogen and oxygen atoms in total. The summed E-state index contributed by atoms with van der Waals surface area (Å²) in [5.41, 5.74) is 2.52. The van der Waals surface area contributed by atoms with Gasteiger partial charge in [0.05, 0.1) is 0 Å². The Labute approximate surface area is 76.7 Å². The Morgan fingerprint density at radius 3 is 3.17 bits per heavy atom. The molecule has 12 heavy (non-hydrogen) atoms. The van der Waals surface area contributed by atoms with Crippen molar-refractivity contribution in [3.63, 3.8) is 0 Å². The second-order valence-corrected chi connectivity index (χ2v) is 3.54. The van der Waals surface area contributed by atoms with E-state index in [0.717, 1.165) is 11.6 Å². The molecule has 0 aliphatic heterocycles. The molecule has 0 aromatic carbocycles. The summed E-state index contributed by atoms with van der Waals surface area (Å²) in [5, 5.41) is 0. The summed E-state index contributed by atoms with van der Waals surface area (Å²) in [6.07, 6.45) is 2.94. The van der Waals surface area contributed by atoms with Gasteiger partial charge in [-0.3, -0.25) is 0 Å². The van der Waals surface area contributed by atoms with Crippen molar-refractivity contribution in [2.24, 2.45) is 5.84 Å². The van der Waals surface area contributed by atoms with Crippen LogP contribution in [0.1, 0.15) is 13.3 Å². The van der Waals surface area contributed by atoms with Crippen LogP contribution in [-0.4, -0.2) is 10.7 Å². The number of aromatic nitrogens is 1. The molecule has 0 saturated carbocycles. The number of rotatable bonds is 4. The van der Waals surface area contributed by atoms with Crippen LogP contribution in [0.25, 0.3) is 0 Å². The van der Waals surface area contributed by atoms with E-state index in [4.69, 9.17) is 5.84 Å². The molecule has 0 unspecified atom stereocenters. The van der Waals surface area contributed by atoms with Gasteiger partial charge in [-0.1, -0.05) is 6.92 Å². The Morgan fingerprint density at radius 2 is 2.50 bits per heavy atom. The van der Waals surface area contributed by atoms with E-state index in [2.05, 4.69) is 17.3 Å². The van der Waals surface area contributed by atoms with Crippen LogP contribution in [0, 0.1) is 0 Å². The first-order valence-electron chi connectivity index (χ1n) is 3.92. The van der Waals surface area contributed by atoms with Crippen LogP contribution in [0.2, 0.25) is 0 Å². The van der Waals surface area contributed by atoms with Gasteiger partial charge < -0.3 is 5.43 Å². The van der Waals surface area contributed by atoms with Crippen LogP contribution >= 0.6 is 11.8 Å². The number of thioether (sulfide) groups is 1. The van der Waals surface area contributed by atoms with E-state index in [0.29, 0.717) is 0 Å². The normalized spacial score (nSPS) is 9.83. The van der Waals surface area contributed by atoms with E-state index in [1.807, 2.05) is 23.9 Å². The number of hydrogen-bond acceptors (Lipinski definition) is 4. The summed E-state index contributed by atoms with van der Waals surface area (Å²) in [5.74, 6) is 7.08. The zero-order valence-electron chi connectivity index (χ0n) is 7.08. The molecule has 66 valence electrons. The summed E-state index contributed by atoms with van der Waals surface area (Å²) >= 11 is 1.81. The minimum absolute atomic E-state index is 0.719. The number of hydrazine groups is 1. The van der Waals surface area contributed by atoms with E-state index < -0.39 is 0 Å². The molecule has 1 aromatic rings. The van der Waals surface area contributed by atoms with Gasteiger partial charge in [-0.2, -0.15) is 0 Å². The number of pyridine rings is 1. The summed E-state index contributed by atoms with van der Waals surface area (Å²) in [7, 11) is 0. The van der Waals surface area contributed by atoms with Crippen LogP contribution in [0.5, 0.6) is 0 Å². The number of nitrogens with two attached hydrogens (primary N) is 1. The van der Waals surface area contributed by atoms with Gasteiger partial charge >= 0.3 is 0 Å². The summed E-state index contributed by atoms with van der Waals surface area (Å²) in [6.45, 7) is 2.16. The molecule has 3 N–H and O–H groups in total. The van der Waals surface area contributed by atoms with Gasteiger partial charge in [0.2, 0.25) is 0 Å². The SMILES string of the molecule is CCCSc1ccnc(NN)c1. The first-order valence-corrected chi connectivity index (χ1v) is 4.91. The molecule has 1 aromatic heterocycles. The smallest absolute Gasteiger partial charge is 0.140 e. The number of nitrogens with one attached hydrogen (secondary N) is 1. The van der Waals surface area contributed by atoms with Gasteiger partial charge in [-0.05, 0) is 24.3 Å². The average molecular weight is 183 g/mol. The maximum Gasteiger partial charge on any atom is 0.140 e. The minimum Gasteiger partial charge on any atom is -0.308 e. The molecular formula is C8H13N3S. The Bertz CT molecular complexity index is 239. The van der Waals surface area contributed by atoms with E-state index in [1.165, 1.54) is 11.3 Å². The second kappa shape index (κ2) is 5.00. The maximum atomic E-state index is 5.23. The molecule has 0 aliphatic carbocycles. The van der Waals surface area contributed by atoms with Crippen LogP contribution in [-0.2, 0) is 0 Å². The van der Waals surface area contributed by atoms with Crippen molar-refractivity contribution in [3.8, 4) is 0 Å². The van der Waals surface area contributed by atoms with E-state index in [1.54, 1.807) is 6.20 Å². The third-order valence-corrected chi connectivity index (χ3v) is 2.55. The van der Waals surface area contributed by atoms with Crippen molar-refractivity contribution in [2.45, 2.75) is 18.2 Å². The molecule has 1 rings (SSSR count). The first kappa shape index (κ1) is 9.35. The van der Waals surface area contributed by atoms with E-state index in [9.17, 15) is 0 Å². The number of anilines is 1. The van der Waals surface area contributed by atoms with E-state index in [-0.39, 0.29) is 0 Å². The highest BCUT2D eigenvalue weighted by Crippen LogP contribution is 2.19. The number of nitrogen functional groups attached to an aromatic ring is 1. The fourth-order valence-electron chi connectivity index (χ4n) is 0.800. The van der Waals surface area contributed by atoms with Crippen molar-refractivity contribution in [3.05, 3.63) is 18.3 Å². The lowest BCUT2D eigenvalue weighted by atomic mass is 10.5. The molecule has 0 fully saturated rings. The van der Waals surface area contributed by atoms with Crippen molar-refractivity contribution in [2.75, 3.05) is 11.2 Å². The Balaban J connectivity index is 2.60. The Hall–Kier alpha value is -0.740. The van der Waals surface area contributed by atoms with Crippen LogP contribution in [0.3, 0.4) is 0 Å². The van der Waals surface area contributed by atoms with Gasteiger partial charge in [0.15, 0.2) is 0 Å². The maximum absolute atomic E-state index is 5.23. The lowest BCUT2D eigenvalue weighted by Gasteiger charge is -2.01. The van der Waals surface area contributed by atoms with Crippen molar-refractivity contribution in [1.82, 2.24) is 4.98 Å². The molecule has 0 bridgehead atoms. The second-order valence-electron chi connectivity index (χ2n) is 2.37. The van der Waals surface area contributed by atoms with Gasteiger partial charge in [-0.15, -0.1) is 11.8 Å². The third kappa shape index (κ3) is 2.71. The molecule has 0 saturated heterocycles. The Kier molecular flexibility index (Phi) is 3.90. The molecule has 0 radical (unpaired) electrons. The van der Waals surface area contributed by atoms with Gasteiger partial charge in [0.1, 0.15) is 5.82 Å². The van der Waals surface area contributed by atoms with Crippen LogP contribution in [0.4, 0.5) is 5.82 Å². The highest BCUT2D eigenvalue weighted by atomic mass is 32.2. The molecule has 0 aliphatic rings. The van der Waals surface area contributed by atoms with Crippen molar-refractivity contribution < 1.29 is 0 Å². The molecular weight excluding hydrogens is 170 g/mol. The first-order chi connectivity index (χ1) is 5.86. The zero-order valence-corrected chi connectivity index (χ0v) is 7.90. The average Bonchev–Trinajstić information content (AvgIpc) is 2.15. The predicted molar refractivity (Wildman–Crippen MR) is 53.1 cm³/mol. The summed E-state index contributed by atoms with van der Waals surface area (Å²) in [4.78, 5) is 5.22. The third-order valence-electron chi connectivity index (χ3n) is 1.35. The van der Waals surface area contributed by atoms with Crippen LogP contribution < -0.4 is 11.3 Å². The fourth-order valence-corrected chi connectivity index (χ4v) is 1.59. The standard InChI is InChI=1S/C8H13N3S/c1-2-5-12-7-3-4-10-8(6-7)11-9/h3-4,6H,2,5,9H2,1H3,(H,10,11). The molecule has 1 heterocycles. The number of nitrogens with zero attached hydrogens (tertiary/aromatic N) is 1. The van der Waals surface area contributed by atoms with Gasteiger partial charge in [0, 0.05) is 11.1 Å². The van der Waals surface area contributed by atoms with Gasteiger partial charge in [-0.25, -0.2) is 10.8 Å².